The van der Waals surface area contributed by atoms with Crippen LogP contribution in [0, 0.1) is 11.3 Å². The lowest BCUT2D eigenvalue weighted by atomic mass is 10.2. The van der Waals surface area contributed by atoms with Crippen molar-refractivity contribution in [3.8, 4) is 6.07 Å². The highest BCUT2D eigenvalue weighted by Gasteiger charge is 2.12. The van der Waals surface area contributed by atoms with Crippen LogP contribution in [0.4, 0.5) is 0 Å². The molecule has 0 aromatic rings. The van der Waals surface area contributed by atoms with Crippen LogP contribution in [0.3, 0.4) is 0 Å². The number of nitriles is 1. The predicted molar refractivity (Wildman–Crippen MR) is 51.3 cm³/mol. The zero-order valence-corrected chi connectivity index (χ0v) is 8.09. The summed E-state index contributed by atoms with van der Waals surface area (Å²) in [6.07, 6.45) is 5.17. The third kappa shape index (κ3) is 4.87. The van der Waals surface area contributed by atoms with Crippen molar-refractivity contribution in [2.24, 2.45) is 0 Å². The molecule has 0 aliphatic carbocycles. The summed E-state index contributed by atoms with van der Waals surface area (Å²) in [6.45, 7) is 2.79. The largest absolute Gasteiger partial charge is 0.380 e. The number of unbranched alkanes of at least 4 members (excludes halogenated alkanes) is 2. The SMILES string of the molecule is N#CCCCCOCC1CCCN1. The fourth-order valence-corrected chi connectivity index (χ4v) is 1.53. The third-order valence-electron chi connectivity index (χ3n) is 2.31. The Hall–Kier alpha value is -0.590. The molecule has 0 bridgehead atoms. The van der Waals surface area contributed by atoms with Gasteiger partial charge >= 0.3 is 0 Å². The molecule has 1 atom stereocenters. The van der Waals surface area contributed by atoms with Gasteiger partial charge in [0.05, 0.1) is 12.7 Å². The average Bonchev–Trinajstić information content (AvgIpc) is 2.63. The fourth-order valence-electron chi connectivity index (χ4n) is 1.53. The highest BCUT2D eigenvalue weighted by Crippen LogP contribution is 2.05. The van der Waals surface area contributed by atoms with Crippen LogP contribution in [-0.2, 0) is 4.74 Å². The van der Waals surface area contributed by atoms with Gasteiger partial charge in [-0.05, 0) is 32.2 Å². The van der Waals surface area contributed by atoms with E-state index < -0.39 is 0 Å². The number of nitrogens with one attached hydrogen (secondary N) is 1. The molecule has 1 rings (SSSR count). The van der Waals surface area contributed by atoms with Crippen LogP contribution in [0.25, 0.3) is 0 Å². The van der Waals surface area contributed by atoms with E-state index in [0.29, 0.717) is 12.5 Å². The Balaban J connectivity index is 1.81. The summed E-state index contributed by atoms with van der Waals surface area (Å²) >= 11 is 0. The molecule has 1 aliphatic rings. The Labute approximate surface area is 80.1 Å². The first kappa shape index (κ1) is 10.5. The van der Waals surface area contributed by atoms with E-state index in [9.17, 15) is 0 Å². The van der Waals surface area contributed by atoms with Gasteiger partial charge in [-0.15, -0.1) is 0 Å². The van der Waals surface area contributed by atoms with E-state index in [-0.39, 0.29) is 0 Å². The number of hydrogen-bond acceptors (Lipinski definition) is 3. The first-order valence-electron chi connectivity index (χ1n) is 5.11. The molecule has 1 N–H and O–H groups in total. The van der Waals surface area contributed by atoms with E-state index in [1.807, 2.05) is 0 Å². The Morgan fingerprint density at radius 1 is 1.46 bits per heavy atom. The molecule has 1 fully saturated rings. The van der Waals surface area contributed by atoms with Crippen molar-refractivity contribution in [3.63, 3.8) is 0 Å². The van der Waals surface area contributed by atoms with Gasteiger partial charge in [-0.1, -0.05) is 0 Å². The summed E-state index contributed by atoms with van der Waals surface area (Å²) in [5, 5.41) is 11.7. The summed E-state index contributed by atoms with van der Waals surface area (Å²) in [5.74, 6) is 0. The van der Waals surface area contributed by atoms with Gasteiger partial charge in [-0.25, -0.2) is 0 Å². The Kier molecular flexibility index (Phi) is 5.55. The minimum Gasteiger partial charge on any atom is -0.380 e. The molecule has 0 radical (unpaired) electrons. The summed E-state index contributed by atoms with van der Waals surface area (Å²) in [6, 6.07) is 2.71. The maximum absolute atomic E-state index is 8.29. The summed E-state index contributed by atoms with van der Waals surface area (Å²) in [4.78, 5) is 0. The van der Waals surface area contributed by atoms with Gasteiger partial charge in [0.1, 0.15) is 0 Å². The first-order chi connectivity index (χ1) is 6.43. The second-order valence-electron chi connectivity index (χ2n) is 3.48. The van der Waals surface area contributed by atoms with Crippen LogP contribution in [0.2, 0.25) is 0 Å². The summed E-state index contributed by atoms with van der Waals surface area (Å²) in [7, 11) is 0. The number of rotatable bonds is 6. The second-order valence-corrected chi connectivity index (χ2v) is 3.48. The highest BCUT2D eigenvalue weighted by molar-refractivity contribution is 4.73. The highest BCUT2D eigenvalue weighted by atomic mass is 16.5. The monoisotopic (exact) mass is 182 g/mol. The summed E-state index contributed by atoms with van der Waals surface area (Å²) in [5.41, 5.74) is 0. The minimum atomic E-state index is 0.580. The second kappa shape index (κ2) is 6.88. The van der Waals surface area contributed by atoms with Crippen LogP contribution >= 0.6 is 0 Å². The minimum absolute atomic E-state index is 0.580. The number of hydrogen-bond donors (Lipinski definition) is 1. The van der Waals surface area contributed by atoms with Crippen LogP contribution in [0.15, 0.2) is 0 Å². The quantitative estimate of drug-likeness (QED) is 0.632. The molecule has 1 saturated heterocycles. The molecule has 13 heavy (non-hydrogen) atoms. The van der Waals surface area contributed by atoms with E-state index in [4.69, 9.17) is 10.00 Å². The summed E-state index contributed by atoms with van der Waals surface area (Å²) < 4.78 is 5.49. The molecule has 1 aliphatic heterocycles. The first-order valence-corrected chi connectivity index (χ1v) is 5.11. The maximum Gasteiger partial charge on any atom is 0.0621 e. The predicted octanol–water partition coefficient (Wildman–Crippen LogP) is 1.45. The van der Waals surface area contributed by atoms with Gasteiger partial charge in [0.25, 0.3) is 0 Å². The molecular formula is C10H18N2O. The van der Waals surface area contributed by atoms with Crippen molar-refractivity contribution in [3.05, 3.63) is 0 Å². The van der Waals surface area contributed by atoms with Crippen LogP contribution in [-0.4, -0.2) is 25.8 Å². The van der Waals surface area contributed by atoms with Gasteiger partial charge in [-0.2, -0.15) is 5.26 Å². The van der Waals surface area contributed by atoms with Crippen molar-refractivity contribution in [1.82, 2.24) is 5.32 Å². The molecule has 0 aromatic carbocycles. The zero-order valence-electron chi connectivity index (χ0n) is 8.09. The van der Waals surface area contributed by atoms with Gasteiger partial charge in [0, 0.05) is 19.1 Å². The van der Waals surface area contributed by atoms with Gasteiger partial charge in [0.15, 0.2) is 0 Å². The lowest BCUT2D eigenvalue weighted by Crippen LogP contribution is -2.26. The van der Waals surface area contributed by atoms with Crippen LogP contribution in [0.1, 0.15) is 32.1 Å². The molecule has 1 unspecified atom stereocenters. The smallest absolute Gasteiger partial charge is 0.0621 e. The fraction of sp³-hybridized carbons (Fsp3) is 0.900. The Morgan fingerprint density at radius 2 is 2.38 bits per heavy atom. The molecule has 0 spiro atoms. The van der Waals surface area contributed by atoms with Crippen molar-refractivity contribution in [2.45, 2.75) is 38.1 Å². The molecule has 0 aromatic heterocycles. The lowest BCUT2D eigenvalue weighted by molar-refractivity contribution is 0.113. The van der Waals surface area contributed by atoms with Crippen LogP contribution in [0.5, 0.6) is 0 Å². The van der Waals surface area contributed by atoms with Crippen molar-refractivity contribution in [2.75, 3.05) is 19.8 Å². The molecule has 0 saturated carbocycles. The van der Waals surface area contributed by atoms with E-state index in [2.05, 4.69) is 11.4 Å². The van der Waals surface area contributed by atoms with E-state index in [0.717, 1.165) is 32.6 Å². The average molecular weight is 182 g/mol. The standard InChI is InChI=1S/C10H18N2O/c11-6-2-1-3-8-13-9-10-5-4-7-12-10/h10,12H,1-5,7-9H2. The van der Waals surface area contributed by atoms with Crippen molar-refractivity contribution < 1.29 is 4.74 Å². The molecule has 3 heteroatoms. The number of ether oxygens (including phenoxy) is 1. The van der Waals surface area contributed by atoms with E-state index in [1.54, 1.807) is 0 Å². The van der Waals surface area contributed by atoms with Crippen molar-refractivity contribution >= 4 is 0 Å². The van der Waals surface area contributed by atoms with Crippen molar-refractivity contribution in [1.29, 1.82) is 5.26 Å². The lowest BCUT2D eigenvalue weighted by Gasteiger charge is -2.09. The third-order valence-corrected chi connectivity index (χ3v) is 2.31. The van der Waals surface area contributed by atoms with E-state index >= 15 is 0 Å². The molecule has 74 valence electrons. The van der Waals surface area contributed by atoms with Gasteiger partial charge < -0.3 is 10.1 Å². The van der Waals surface area contributed by atoms with Gasteiger partial charge in [-0.3, -0.25) is 0 Å². The Bertz CT molecular complexity index is 159. The van der Waals surface area contributed by atoms with Gasteiger partial charge in [0.2, 0.25) is 0 Å². The topological polar surface area (TPSA) is 45.0 Å². The Morgan fingerprint density at radius 3 is 3.08 bits per heavy atom. The van der Waals surface area contributed by atoms with E-state index in [1.165, 1.54) is 12.8 Å². The molecule has 0 amide bonds. The normalized spacial score (nSPS) is 21.6. The maximum atomic E-state index is 8.29. The van der Waals surface area contributed by atoms with Crippen LogP contribution < -0.4 is 5.32 Å². The molecule has 1 heterocycles. The molecule has 3 nitrogen and oxygen atoms in total. The zero-order chi connectivity index (χ0) is 9.36. The number of nitrogens with zero attached hydrogens (tertiary/aromatic N) is 1. The molecular weight excluding hydrogens is 164 g/mol.